The molecule has 34 heavy (non-hydrogen) atoms. The Morgan fingerprint density at radius 2 is 1.94 bits per heavy atom. The number of halogens is 2. The minimum absolute atomic E-state index is 0.253. The van der Waals surface area contributed by atoms with Crippen molar-refractivity contribution in [3.8, 4) is 11.8 Å². The van der Waals surface area contributed by atoms with E-state index in [0.717, 1.165) is 11.1 Å². The van der Waals surface area contributed by atoms with E-state index in [0.29, 0.717) is 32.1 Å². The van der Waals surface area contributed by atoms with E-state index in [1.165, 1.54) is 6.21 Å². The van der Waals surface area contributed by atoms with Crippen molar-refractivity contribution in [1.29, 1.82) is 5.26 Å². The van der Waals surface area contributed by atoms with Crippen molar-refractivity contribution >= 4 is 51.2 Å². The molecule has 2 amide bonds. The number of nitrogens with one attached hydrogen (secondary N) is 2. The van der Waals surface area contributed by atoms with Gasteiger partial charge >= 0.3 is 0 Å². The minimum Gasteiger partial charge on any atom is -0.488 e. The molecule has 0 aliphatic heterocycles. The molecule has 0 aliphatic rings. The van der Waals surface area contributed by atoms with Gasteiger partial charge in [-0.3, -0.25) is 9.59 Å². The van der Waals surface area contributed by atoms with E-state index in [1.54, 1.807) is 48.5 Å². The lowest BCUT2D eigenvalue weighted by atomic mass is 10.1. The molecule has 0 radical (unpaired) electrons. The van der Waals surface area contributed by atoms with Gasteiger partial charge in [0.05, 0.1) is 22.3 Å². The zero-order valence-electron chi connectivity index (χ0n) is 18.1. The van der Waals surface area contributed by atoms with Gasteiger partial charge in [-0.1, -0.05) is 35.9 Å². The highest BCUT2D eigenvalue weighted by atomic mass is 79.9. The Morgan fingerprint density at radius 3 is 2.68 bits per heavy atom. The van der Waals surface area contributed by atoms with Crippen LogP contribution in [0.4, 0.5) is 5.69 Å². The van der Waals surface area contributed by atoms with Gasteiger partial charge in [0.25, 0.3) is 0 Å². The highest BCUT2D eigenvalue weighted by Gasteiger charge is 2.10. The third-order valence-electron chi connectivity index (χ3n) is 4.66. The minimum atomic E-state index is -0.554. The number of hydrogen-bond donors (Lipinski definition) is 2. The average molecular weight is 540 g/mol. The van der Waals surface area contributed by atoms with Crippen molar-refractivity contribution in [3.63, 3.8) is 0 Å². The summed E-state index contributed by atoms with van der Waals surface area (Å²) in [5, 5.41) is 16.2. The topological polar surface area (TPSA) is 104 Å². The van der Waals surface area contributed by atoms with Gasteiger partial charge in [0.15, 0.2) is 0 Å². The van der Waals surface area contributed by atoms with Crippen LogP contribution in [0.15, 0.2) is 70.2 Å². The van der Waals surface area contributed by atoms with Crippen LogP contribution in [0.2, 0.25) is 5.02 Å². The Balaban J connectivity index is 1.49. The SMILES string of the molecule is Cc1ccc(NC(=O)CC(=O)NN=Cc2ccc(OCc3ccccc3C#N)c(Br)c2)cc1Cl. The van der Waals surface area contributed by atoms with Crippen LogP contribution >= 0.6 is 27.5 Å². The zero-order valence-corrected chi connectivity index (χ0v) is 20.5. The van der Waals surface area contributed by atoms with Gasteiger partial charge < -0.3 is 10.1 Å². The maximum absolute atomic E-state index is 12.0. The molecule has 0 aromatic heterocycles. The van der Waals surface area contributed by atoms with Crippen molar-refractivity contribution in [2.24, 2.45) is 5.10 Å². The van der Waals surface area contributed by atoms with E-state index >= 15 is 0 Å². The molecule has 3 aromatic carbocycles. The number of rotatable bonds is 8. The van der Waals surface area contributed by atoms with E-state index in [1.807, 2.05) is 19.1 Å². The predicted octanol–water partition coefficient (Wildman–Crippen LogP) is 5.34. The maximum Gasteiger partial charge on any atom is 0.249 e. The second-order valence-electron chi connectivity index (χ2n) is 7.23. The number of ether oxygens (including phenoxy) is 1. The first-order valence-corrected chi connectivity index (χ1v) is 11.3. The van der Waals surface area contributed by atoms with Gasteiger partial charge in [-0.15, -0.1) is 0 Å². The molecule has 7 nitrogen and oxygen atoms in total. The standard InChI is InChI=1S/C25H20BrClN4O3/c1-16-6-8-20(11-22(16)27)30-24(32)12-25(33)31-29-14-17-7-9-23(21(26)10-17)34-15-19-5-3-2-4-18(19)13-28/h2-11,14H,12,15H2,1H3,(H,30,32)(H,31,33). The van der Waals surface area contributed by atoms with Gasteiger partial charge in [0.1, 0.15) is 18.8 Å². The van der Waals surface area contributed by atoms with Crippen LogP contribution in [0.25, 0.3) is 0 Å². The molecule has 9 heteroatoms. The summed E-state index contributed by atoms with van der Waals surface area (Å²) in [5.41, 5.74) is 5.79. The number of nitriles is 1. The van der Waals surface area contributed by atoms with Gasteiger partial charge in [0.2, 0.25) is 11.8 Å². The van der Waals surface area contributed by atoms with Crippen LogP contribution in [0.3, 0.4) is 0 Å². The molecule has 3 rings (SSSR count). The fourth-order valence-electron chi connectivity index (χ4n) is 2.87. The summed E-state index contributed by atoms with van der Waals surface area (Å²) in [6, 6.07) is 19.8. The molecule has 172 valence electrons. The molecule has 0 aliphatic carbocycles. The monoisotopic (exact) mass is 538 g/mol. The summed E-state index contributed by atoms with van der Waals surface area (Å²) in [5.74, 6) is -0.432. The summed E-state index contributed by atoms with van der Waals surface area (Å²) in [6.07, 6.45) is 1.07. The second-order valence-corrected chi connectivity index (χ2v) is 8.49. The normalized spacial score (nSPS) is 10.5. The Morgan fingerprint density at radius 1 is 1.15 bits per heavy atom. The molecule has 3 aromatic rings. The number of carbonyl (C=O) groups is 2. The first kappa shape index (κ1) is 25.0. The highest BCUT2D eigenvalue weighted by Crippen LogP contribution is 2.27. The summed E-state index contributed by atoms with van der Waals surface area (Å²) < 4.78 is 6.49. The lowest BCUT2D eigenvalue weighted by molar-refractivity contribution is -0.126. The van der Waals surface area contributed by atoms with Crippen LogP contribution in [0, 0.1) is 18.3 Å². The number of benzene rings is 3. The molecular weight excluding hydrogens is 520 g/mol. The van der Waals surface area contributed by atoms with Crippen molar-refractivity contribution in [2.75, 3.05) is 5.32 Å². The predicted molar refractivity (Wildman–Crippen MR) is 135 cm³/mol. The largest absolute Gasteiger partial charge is 0.488 e. The molecule has 0 unspecified atom stereocenters. The second kappa shape index (κ2) is 12.0. The number of amides is 2. The lowest BCUT2D eigenvalue weighted by Gasteiger charge is -2.10. The lowest BCUT2D eigenvalue weighted by Crippen LogP contribution is -2.24. The summed E-state index contributed by atoms with van der Waals surface area (Å²) in [7, 11) is 0. The van der Waals surface area contributed by atoms with E-state index < -0.39 is 11.8 Å². The first-order valence-electron chi connectivity index (χ1n) is 10.1. The van der Waals surface area contributed by atoms with Gasteiger partial charge in [-0.05, 0) is 70.4 Å². The van der Waals surface area contributed by atoms with Crippen molar-refractivity contribution in [1.82, 2.24) is 5.43 Å². The number of hydrogen-bond acceptors (Lipinski definition) is 5. The fourth-order valence-corrected chi connectivity index (χ4v) is 3.56. The maximum atomic E-state index is 12.0. The van der Waals surface area contributed by atoms with Crippen LogP contribution < -0.4 is 15.5 Å². The van der Waals surface area contributed by atoms with Crippen LogP contribution in [-0.4, -0.2) is 18.0 Å². The first-order chi connectivity index (χ1) is 16.4. The van der Waals surface area contributed by atoms with E-state index in [9.17, 15) is 14.9 Å². The smallest absolute Gasteiger partial charge is 0.249 e. The number of aryl methyl sites for hydroxylation is 1. The summed E-state index contributed by atoms with van der Waals surface area (Å²) in [6.45, 7) is 2.11. The third-order valence-corrected chi connectivity index (χ3v) is 5.68. The molecule has 2 N–H and O–H groups in total. The summed E-state index contributed by atoms with van der Waals surface area (Å²) in [4.78, 5) is 24.0. The van der Waals surface area contributed by atoms with Crippen LogP contribution in [-0.2, 0) is 16.2 Å². The van der Waals surface area contributed by atoms with Crippen molar-refractivity contribution in [3.05, 3.63) is 92.4 Å². The zero-order chi connectivity index (χ0) is 24.5. The number of carbonyl (C=O) groups excluding carboxylic acids is 2. The van der Waals surface area contributed by atoms with Gasteiger partial charge in [-0.25, -0.2) is 5.43 Å². The van der Waals surface area contributed by atoms with E-state index in [2.05, 4.69) is 37.8 Å². The Bertz CT molecular complexity index is 1290. The molecule has 0 bridgehead atoms. The molecule has 0 atom stereocenters. The number of nitrogens with zero attached hydrogens (tertiary/aromatic N) is 2. The number of anilines is 1. The van der Waals surface area contributed by atoms with Crippen molar-refractivity contribution in [2.45, 2.75) is 20.0 Å². The summed E-state index contributed by atoms with van der Waals surface area (Å²) >= 11 is 9.49. The molecular formula is C25H20BrClN4O3. The molecule has 0 saturated heterocycles. The van der Waals surface area contributed by atoms with Gasteiger partial charge in [-0.2, -0.15) is 10.4 Å². The molecule has 0 spiro atoms. The fraction of sp³-hybridized carbons (Fsp3) is 0.120. The molecule has 0 heterocycles. The van der Waals surface area contributed by atoms with Crippen molar-refractivity contribution < 1.29 is 14.3 Å². The van der Waals surface area contributed by atoms with E-state index in [-0.39, 0.29) is 13.0 Å². The Labute approximate surface area is 210 Å². The Kier molecular flexibility index (Phi) is 8.79. The quantitative estimate of drug-likeness (QED) is 0.229. The van der Waals surface area contributed by atoms with Crippen LogP contribution in [0.5, 0.6) is 5.75 Å². The molecule has 0 fully saturated rings. The molecule has 0 saturated carbocycles. The number of hydrazone groups is 1. The average Bonchev–Trinajstić information content (AvgIpc) is 2.81. The van der Waals surface area contributed by atoms with Gasteiger partial charge in [0, 0.05) is 16.3 Å². The Hall–Kier alpha value is -3.67. The highest BCUT2D eigenvalue weighted by molar-refractivity contribution is 9.10. The third kappa shape index (κ3) is 7.17. The van der Waals surface area contributed by atoms with Crippen LogP contribution in [0.1, 0.15) is 28.7 Å². The van der Waals surface area contributed by atoms with E-state index in [4.69, 9.17) is 16.3 Å².